The molecule has 1 fully saturated rings. The number of H-pyrrole nitrogens is 1. The smallest absolute Gasteiger partial charge is 0.343 e. The van der Waals surface area contributed by atoms with E-state index in [9.17, 15) is 14.4 Å². The molecular weight excluding hydrogens is 298 g/mol. The number of carbonyl (C=O) groups excluding carboxylic acids is 2. The van der Waals surface area contributed by atoms with E-state index < -0.39 is 5.97 Å². The van der Waals surface area contributed by atoms with E-state index in [0.29, 0.717) is 5.56 Å². The van der Waals surface area contributed by atoms with E-state index in [0.717, 1.165) is 25.7 Å². The molecule has 1 aromatic rings. The Morgan fingerprint density at radius 3 is 2.74 bits per heavy atom. The fraction of sp³-hybridized carbons (Fsp3) is 0.588. The summed E-state index contributed by atoms with van der Waals surface area (Å²) in [6.45, 7) is 1.92. The zero-order valence-electron chi connectivity index (χ0n) is 13.2. The van der Waals surface area contributed by atoms with Gasteiger partial charge in [-0.25, -0.2) is 4.79 Å². The first-order valence-electron chi connectivity index (χ1n) is 8.25. The van der Waals surface area contributed by atoms with Crippen molar-refractivity contribution in [2.75, 3.05) is 6.61 Å². The maximum Gasteiger partial charge on any atom is 0.343 e. The van der Waals surface area contributed by atoms with Crippen LogP contribution in [0.5, 0.6) is 5.75 Å². The van der Waals surface area contributed by atoms with Gasteiger partial charge in [0.25, 0.3) is 5.56 Å². The molecule has 0 bridgehead atoms. The molecule has 3 rings (SSSR count). The molecule has 1 N–H and O–H groups in total. The van der Waals surface area contributed by atoms with Crippen LogP contribution in [0.1, 0.15) is 67.3 Å². The summed E-state index contributed by atoms with van der Waals surface area (Å²) >= 11 is 0. The lowest BCUT2D eigenvalue weighted by Gasteiger charge is -2.33. The maximum atomic E-state index is 12.4. The van der Waals surface area contributed by atoms with Crippen LogP contribution in [0.15, 0.2) is 11.0 Å². The quantitative estimate of drug-likeness (QED) is 0.865. The lowest BCUT2D eigenvalue weighted by Crippen LogP contribution is -2.33. The number of hydrogen-bond donors (Lipinski definition) is 1. The Kier molecular flexibility index (Phi) is 4.50. The molecule has 6 nitrogen and oxygen atoms in total. The van der Waals surface area contributed by atoms with E-state index in [-0.39, 0.29) is 47.7 Å². The van der Waals surface area contributed by atoms with Crippen molar-refractivity contribution in [3.8, 4) is 5.75 Å². The Hall–Kier alpha value is -2.11. The van der Waals surface area contributed by atoms with E-state index in [4.69, 9.17) is 9.47 Å². The molecule has 1 aromatic heterocycles. The molecule has 0 amide bonds. The van der Waals surface area contributed by atoms with Gasteiger partial charge in [-0.1, -0.05) is 19.3 Å². The minimum absolute atomic E-state index is 0.0963. The van der Waals surface area contributed by atoms with E-state index in [2.05, 4.69) is 4.98 Å². The molecule has 0 unspecified atom stereocenters. The predicted molar refractivity (Wildman–Crippen MR) is 82.6 cm³/mol. The van der Waals surface area contributed by atoms with E-state index in [1.165, 1.54) is 12.6 Å². The van der Waals surface area contributed by atoms with Crippen molar-refractivity contribution in [3.05, 3.63) is 27.7 Å². The van der Waals surface area contributed by atoms with Crippen LogP contribution in [0.25, 0.3) is 0 Å². The summed E-state index contributed by atoms with van der Waals surface area (Å²) in [5.74, 6) is -0.765. The highest BCUT2D eigenvalue weighted by Crippen LogP contribution is 2.43. The van der Waals surface area contributed by atoms with Crippen LogP contribution in [0.3, 0.4) is 0 Å². The van der Waals surface area contributed by atoms with Crippen molar-refractivity contribution in [2.45, 2.75) is 51.4 Å². The minimum Gasteiger partial charge on any atom is -0.462 e. The second-order valence-electron chi connectivity index (χ2n) is 6.18. The van der Waals surface area contributed by atoms with Crippen molar-refractivity contribution >= 4 is 11.9 Å². The van der Waals surface area contributed by atoms with Crippen LogP contribution in [0.2, 0.25) is 0 Å². The molecule has 1 aliphatic heterocycles. The van der Waals surface area contributed by atoms with Crippen molar-refractivity contribution in [1.29, 1.82) is 0 Å². The van der Waals surface area contributed by atoms with Gasteiger partial charge in [0.2, 0.25) is 0 Å². The highest BCUT2D eigenvalue weighted by molar-refractivity contribution is 5.94. The number of nitrogens with one attached hydrogen (secondary N) is 1. The number of pyridine rings is 1. The Balaban J connectivity index is 2.06. The number of fused-ring (bicyclic) bond motifs is 1. The average molecular weight is 319 g/mol. The van der Waals surface area contributed by atoms with Crippen LogP contribution in [-0.2, 0) is 9.53 Å². The van der Waals surface area contributed by atoms with Gasteiger partial charge in [-0.2, -0.15) is 0 Å². The van der Waals surface area contributed by atoms with Crippen LogP contribution >= 0.6 is 0 Å². The molecule has 1 aliphatic carbocycles. The lowest BCUT2D eigenvalue weighted by atomic mass is 9.74. The summed E-state index contributed by atoms with van der Waals surface area (Å²) in [5.41, 5.74) is 0.272. The molecule has 23 heavy (non-hydrogen) atoms. The largest absolute Gasteiger partial charge is 0.462 e. The number of aromatic nitrogens is 1. The first-order chi connectivity index (χ1) is 11.1. The summed E-state index contributed by atoms with van der Waals surface area (Å²) in [7, 11) is 0. The second kappa shape index (κ2) is 6.56. The normalized spacial score (nSPS) is 21.4. The molecule has 0 aromatic carbocycles. The van der Waals surface area contributed by atoms with Crippen LogP contribution in [-0.4, -0.2) is 23.5 Å². The number of aromatic amines is 1. The highest BCUT2D eigenvalue weighted by Gasteiger charge is 2.38. The number of carbonyl (C=O) groups is 2. The first-order valence-corrected chi connectivity index (χ1v) is 8.25. The third-order valence-corrected chi connectivity index (χ3v) is 4.77. The van der Waals surface area contributed by atoms with E-state index in [1.54, 1.807) is 6.92 Å². The van der Waals surface area contributed by atoms with Gasteiger partial charge in [-0.3, -0.25) is 9.59 Å². The van der Waals surface area contributed by atoms with E-state index in [1.807, 2.05) is 0 Å². The summed E-state index contributed by atoms with van der Waals surface area (Å²) < 4.78 is 10.3. The van der Waals surface area contributed by atoms with Gasteiger partial charge in [0, 0.05) is 12.1 Å². The molecule has 0 saturated heterocycles. The predicted octanol–water partition coefficient (Wildman–Crippen LogP) is 2.52. The Labute approximate surface area is 134 Å². The Bertz CT molecular complexity index is 672. The maximum absolute atomic E-state index is 12.4. The molecule has 1 saturated carbocycles. The summed E-state index contributed by atoms with van der Waals surface area (Å²) in [6, 6.07) is 0. The topological polar surface area (TPSA) is 85.5 Å². The average Bonchev–Trinajstić information content (AvgIpc) is 2.55. The molecule has 2 aliphatic rings. The number of hydrogen-bond acceptors (Lipinski definition) is 5. The number of rotatable bonds is 3. The monoisotopic (exact) mass is 319 g/mol. The summed E-state index contributed by atoms with van der Waals surface area (Å²) in [6.07, 6.45) is 6.89. The molecule has 124 valence electrons. The third-order valence-electron chi connectivity index (χ3n) is 4.77. The zero-order chi connectivity index (χ0) is 16.4. The van der Waals surface area contributed by atoms with Gasteiger partial charge >= 0.3 is 11.9 Å². The fourth-order valence-electron chi connectivity index (χ4n) is 3.71. The van der Waals surface area contributed by atoms with Gasteiger partial charge in [0.1, 0.15) is 5.56 Å². The summed E-state index contributed by atoms with van der Waals surface area (Å²) in [5, 5.41) is 0. The van der Waals surface area contributed by atoms with Crippen molar-refractivity contribution in [2.24, 2.45) is 5.92 Å². The van der Waals surface area contributed by atoms with Gasteiger partial charge in [0.15, 0.2) is 5.75 Å². The van der Waals surface area contributed by atoms with Crippen LogP contribution in [0.4, 0.5) is 0 Å². The van der Waals surface area contributed by atoms with Crippen LogP contribution in [0, 0.1) is 5.92 Å². The van der Waals surface area contributed by atoms with E-state index >= 15 is 0 Å². The third kappa shape index (κ3) is 3.02. The summed E-state index contributed by atoms with van der Waals surface area (Å²) in [4.78, 5) is 39.1. The molecule has 0 radical (unpaired) electrons. The van der Waals surface area contributed by atoms with Crippen molar-refractivity contribution < 1.29 is 19.1 Å². The van der Waals surface area contributed by atoms with Crippen molar-refractivity contribution in [3.63, 3.8) is 0 Å². The standard InChI is InChI=1S/C17H21NO5/c1-2-22-17(21)12-9-18-16(20)14-11(8-13(19)23-15(12)14)10-6-4-3-5-7-10/h9-11H,2-8H2,1H3,(H,18,20)/t11-/m0/s1. The van der Waals surface area contributed by atoms with Gasteiger partial charge in [0.05, 0.1) is 18.6 Å². The molecule has 2 heterocycles. The van der Waals surface area contributed by atoms with Gasteiger partial charge < -0.3 is 14.5 Å². The second-order valence-corrected chi connectivity index (χ2v) is 6.18. The SMILES string of the molecule is CCOC(=O)c1c[nH]c(=O)c2c1OC(=O)C[C@H]2C1CCCCC1. The highest BCUT2D eigenvalue weighted by atomic mass is 16.5. The van der Waals surface area contributed by atoms with Crippen molar-refractivity contribution in [1.82, 2.24) is 4.98 Å². The number of esters is 2. The van der Waals surface area contributed by atoms with Gasteiger partial charge in [-0.15, -0.1) is 0 Å². The minimum atomic E-state index is -0.586. The Morgan fingerprint density at radius 1 is 1.30 bits per heavy atom. The molecule has 1 atom stereocenters. The number of ether oxygens (including phenoxy) is 2. The molecular formula is C17H21NO5. The van der Waals surface area contributed by atoms with Gasteiger partial charge in [-0.05, 0) is 25.7 Å². The lowest BCUT2D eigenvalue weighted by molar-refractivity contribution is -0.136. The first kappa shape index (κ1) is 15.8. The fourth-order valence-corrected chi connectivity index (χ4v) is 3.71. The zero-order valence-corrected chi connectivity index (χ0v) is 13.2. The molecule has 0 spiro atoms. The van der Waals surface area contributed by atoms with Crippen LogP contribution < -0.4 is 10.3 Å². The molecule has 6 heteroatoms. The Morgan fingerprint density at radius 2 is 2.04 bits per heavy atom.